The second-order valence-electron chi connectivity index (χ2n) is 5.48. The molecule has 1 heterocycles. The Bertz CT molecular complexity index is 996. The number of carboxylic acid groups (broad SMARTS) is 1. The van der Waals surface area contributed by atoms with E-state index in [1.165, 1.54) is 37.4 Å². The third-order valence-electron chi connectivity index (χ3n) is 3.90. The first-order chi connectivity index (χ1) is 11.8. The van der Waals surface area contributed by atoms with E-state index in [1.54, 1.807) is 13.0 Å². The third-order valence-corrected chi connectivity index (χ3v) is 4.57. The predicted octanol–water partition coefficient (Wildman–Crippen LogP) is 3.82. The van der Waals surface area contributed by atoms with Gasteiger partial charge >= 0.3 is 5.97 Å². The Balaban J connectivity index is 2.28. The van der Waals surface area contributed by atoms with Crippen LogP contribution in [0.1, 0.15) is 15.9 Å². The van der Waals surface area contributed by atoms with Crippen molar-refractivity contribution in [2.45, 2.75) is 6.92 Å². The molecule has 2 N–H and O–H groups in total. The summed E-state index contributed by atoms with van der Waals surface area (Å²) in [6.45, 7) is 1.70. The van der Waals surface area contributed by atoms with Gasteiger partial charge in [0.25, 0.3) is 11.3 Å². The molecule has 0 aliphatic carbocycles. The molecule has 0 bridgehead atoms. The summed E-state index contributed by atoms with van der Waals surface area (Å²) >= 11 is -2.23. The zero-order chi connectivity index (χ0) is 18.3. The van der Waals surface area contributed by atoms with Gasteiger partial charge < -0.3 is 9.52 Å². The number of hydrogen-bond donors (Lipinski definition) is 2. The van der Waals surface area contributed by atoms with Crippen molar-refractivity contribution in [1.82, 2.24) is 0 Å². The minimum atomic E-state index is -2.23. The van der Waals surface area contributed by atoms with Gasteiger partial charge in [-0.3, -0.25) is 8.86 Å². The van der Waals surface area contributed by atoms with Gasteiger partial charge in [-0.1, -0.05) is 0 Å². The van der Waals surface area contributed by atoms with E-state index < -0.39 is 23.1 Å². The lowest BCUT2D eigenvalue weighted by molar-refractivity contribution is 0.0699. The molecule has 3 aromatic rings. The van der Waals surface area contributed by atoms with Crippen molar-refractivity contribution in [3.8, 4) is 11.3 Å². The maximum atomic E-state index is 13.1. The molecule has 0 amide bonds. The summed E-state index contributed by atoms with van der Waals surface area (Å²) in [5.41, 5.74) is 1.70. The number of benzene rings is 2. The maximum Gasteiger partial charge on any atom is 0.340 e. The number of rotatable bonds is 4. The van der Waals surface area contributed by atoms with Crippen LogP contribution in [0.4, 0.5) is 10.1 Å². The predicted molar refractivity (Wildman–Crippen MR) is 92.5 cm³/mol. The van der Waals surface area contributed by atoms with Gasteiger partial charge in [-0.25, -0.2) is 13.4 Å². The number of anilines is 1. The molecule has 8 heteroatoms. The van der Waals surface area contributed by atoms with Crippen LogP contribution in [-0.4, -0.2) is 26.9 Å². The van der Waals surface area contributed by atoms with Gasteiger partial charge in [0.1, 0.15) is 22.7 Å². The molecule has 6 nitrogen and oxygen atoms in total. The molecule has 0 saturated carbocycles. The van der Waals surface area contributed by atoms with Crippen LogP contribution in [0.5, 0.6) is 0 Å². The number of aryl methyl sites for hydroxylation is 1. The van der Waals surface area contributed by atoms with Crippen LogP contribution in [0.15, 0.2) is 40.8 Å². The Morgan fingerprint density at radius 2 is 1.88 bits per heavy atom. The maximum absolute atomic E-state index is 13.1. The molecule has 3 rings (SSSR count). The van der Waals surface area contributed by atoms with Gasteiger partial charge in [-0.15, -0.1) is 0 Å². The summed E-state index contributed by atoms with van der Waals surface area (Å²) < 4.78 is 40.5. The van der Waals surface area contributed by atoms with E-state index in [0.717, 1.165) is 4.31 Å². The van der Waals surface area contributed by atoms with Crippen molar-refractivity contribution in [3.63, 3.8) is 0 Å². The molecule has 0 aliphatic heterocycles. The Labute approximate surface area is 144 Å². The largest absolute Gasteiger partial charge is 0.478 e. The number of hydrogen-bond acceptors (Lipinski definition) is 3. The molecule has 0 aliphatic rings. The van der Waals surface area contributed by atoms with E-state index in [4.69, 9.17) is 4.42 Å². The topological polar surface area (TPSA) is 91.0 Å². The van der Waals surface area contributed by atoms with Crippen LogP contribution in [-0.2, 0) is 11.3 Å². The highest BCUT2D eigenvalue weighted by Gasteiger charge is 2.23. The SMILES string of the molecule is Cc1cc2c(C(=O)O)c(-c3ccc(F)cc3)oc2cc1N(C)S(=O)O. The Morgan fingerprint density at radius 1 is 1.24 bits per heavy atom. The normalized spacial score (nSPS) is 12.3. The summed E-state index contributed by atoms with van der Waals surface area (Å²) in [7, 11) is 1.44. The lowest BCUT2D eigenvalue weighted by Gasteiger charge is -2.16. The number of carbonyl (C=O) groups is 1. The highest BCUT2D eigenvalue weighted by molar-refractivity contribution is 7.80. The molecular weight excluding hydrogens is 349 g/mol. The molecule has 25 heavy (non-hydrogen) atoms. The minimum Gasteiger partial charge on any atom is -0.478 e. The van der Waals surface area contributed by atoms with Gasteiger partial charge in [0, 0.05) is 24.1 Å². The summed E-state index contributed by atoms with van der Waals surface area (Å²) in [5, 5.41) is 9.96. The van der Waals surface area contributed by atoms with Crippen LogP contribution in [0.25, 0.3) is 22.3 Å². The fourth-order valence-corrected chi connectivity index (χ4v) is 3.05. The zero-order valence-corrected chi connectivity index (χ0v) is 14.1. The first kappa shape index (κ1) is 17.1. The van der Waals surface area contributed by atoms with E-state index in [2.05, 4.69) is 0 Å². The van der Waals surface area contributed by atoms with Gasteiger partial charge in [-0.05, 0) is 42.8 Å². The zero-order valence-electron chi connectivity index (χ0n) is 13.3. The third kappa shape index (κ3) is 3.01. The van der Waals surface area contributed by atoms with Crippen LogP contribution < -0.4 is 4.31 Å². The fraction of sp³-hybridized carbons (Fsp3) is 0.118. The van der Waals surface area contributed by atoms with E-state index in [-0.39, 0.29) is 16.9 Å². The van der Waals surface area contributed by atoms with E-state index in [0.29, 0.717) is 22.2 Å². The number of furan rings is 1. The number of carboxylic acids is 1. The van der Waals surface area contributed by atoms with Crippen LogP contribution in [0.2, 0.25) is 0 Å². The lowest BCUT2D eigenvalue weighted by atomic mass is 10.0. The first-order valence-electron chi connectivity index (χ1n) is 7.20. The molecule has 1 aromatic heterocycles. The molecule has 0 spiro atoms. The summed E-state index contributed by atoms with van der Waals surface area (Å²) in [5.74, 6) is -1.52. The average Bonchev–Trinajstić information content (AvgIpc) is 2.92. The van der Waals surface area contributed by atoms with Crippen molar-refractivity contribution >= 4 is 33.9 Å². The van der Waals surface area contributed by atoms with E-state index in [1.807, 2.05) is 0 Å². The summed E-state index contributed by atoms with van der Waals surface area (Å²) in [6.07, 6.45) is 0. The van der Waals surface area contributed by atoms with E-state index in [9.17, 15) is 23.1 Å². The number of nitrogens with zero attached hydrogens (tertiary/aromatic N) is 1. The van der Waals surface area contributed by atoms with Crippen molar-refractivity contribution in [2.75, 3.05) is 11.4 Å². The molecule has 1 atom stereocenters. The molecule has 0 radical (unpaired) electrons. The number of aromatic carboxylic acids is 1. The van der Waals surface area contributed by atoms with Gasteiger partial charge in [0.05, 0.1) is 5.69 Å². The Morgan fingerprint density at radius 3 is 2.44 bits per heavy atom. The van der Waals surface area contributed by atoms with Crippen molar-refractivity contribution in [3.05, 3.63) is 53.3 Å². The number of halogens is 1. The molecule has 130 valence electrons. The first-order valence-corrected chi connectivity index (χ1v) is 8.27. The Hall–Kier alpha value is -2.71. The van der Waals surface area contributed by atoms with Gasteiger partial charge in [0.15, 0.2) is 0 Å². The van der Waals surface area contributed by atoms with Crippen molar-refractivity contribution < 1.29 is 27.5 Å². The molecule has 0 saturated heterocycles. The second kappa shape index (κ2) is 6.30. The smallest absolute Gasteiger partial charge is 0.340 e. The van der Waals surface area contributed by atoms with E-state index >= 15 is 0 Å². The van der Waals surface area contributed by atoms with Gasteiger partial charge in [0.2, 0.25) is 0 Å². The Kier molecular flexibility index (Phi) is 4.32. The van der Waals surface area contributed by atoms with Crippen LogP contribution in [0.3, 0.4) is 0 Å². The fourth-order valence-electron chi connectivity index (χ4n) is 2.68. The average molecular weight is 363 g/mol. The summed E-state index contributed by atoms with van der Waals surface area (Å²) in [4.78, 5) is 11.7. The molecule has 0 fully saturated rings. The van der Waals surface area contributed by atoms with Crippen molar-refractivity contribution in [1.29, 1.82) is 0 Å². The summed E-state index contributed by atoms with van der Waals surface area (Å²) in [6, 6.07) is 8.40. The lowest BCUT2D eigenvalue weighted by Crippen LogP contribution is -2.20. The van der Waals surface area contributed by atoms with Crippen LogP contribution in [0, 0.1) is 12.7 Å². The molecular formula is C17H14FNO5S. The quantitative estimate of drug-likeness (QED) is 0.688. The minimum absolute atomic E-state index is 0.0379. The van der Waals surface area contributed by atoms with Crippen molar-refractivity contribution in [2.24, 2.45) is 0 Å². The standard InChI is InChI=1S/C17H14FNO5S/c1-9-7-12-14(8-13(9)19(2)25(22)23)24-16(15(12)17(20)21)10-3-5-11(18)6-4-10/h3-8H,1-2H3,(H,20,21)(H,22,23). The molecule has 1 unspecified atom stereocenters. The van der Waals surface area contributed by atoms with Crippen LogP contribution >= 0.6 is 0 Å². The number of fused-ring (bicyclic) bond motifs is 1. The molecule has 2 aromatic carbocycles. The monoisotopic (exact) mass is 363 g/mol. The highest BCUT2D eigenvalue weighted by Crippen LogP contribution is 2.37. The highest BCUT2D eigenvalue weighted by atomic mass is 32.2. The van der Waals surface area contributed by atoms with Gasteiger partial charge in [-0.2, -0.15) is 0 Å². The second-order valence-corrected chi connectivity index (χ2v) is 6.49.